The predicted molar refractivity (Wildman–Crippen MR) is 122 cm³/mol. The van der Waals surface area contributed by atoms with E-state index in [4.69, 9.17) is 9.47 Å². The molecule has 0 aromatic heterocycles. The fourth-order valence-corrected chi connectivity index (χ4v) is 3.87. The number of benzene rings is 2. The van der Waals surface area contributed by atoms with E-state index in [0.717, 1.165) is 30.1 Å². The van der Waals surface area contributed by atoms with Crippen LogP contribution in [0.2, 0.25) is 0 Å². The molecule has 1 amide bonds. The Balaban J connectivity index is 1.58. The predicted octanol–water partition coefficient (Wildman–Crippen LogP) is 4.83. The van der Waals surface area contributed by atoms with Gasteiger partial charge in [0.1, 0.15) is 0 Å². The number of hydrogen-bond donors (Lipinski definition) is 1. The first kappa shape index (κ1) is 21.8. The van der Waals surface area contributed by atoms with Gasteiger partial charge in [0.25, 0.3) is 0 Å². The molecule has 1 heterocycles. The first-order chi connectivity index (χ1) is 14.5. The number of methoxy groups -OCH3 is 2. The lowest BCUT2D eigenvalue weighted by molar-refractivity contribution is -0.117. The van der Waals surface area contributed by atoms with Gasteiger partial charge in [-0.25, -0.2) is 0 Å². The molecule has 160 valence electrons. The van der Waals surface area contributed by atoms with Crippen molar-refractivity contribution in [3.63, 3.8) is 0 Å². The zero-order valence-electron chi connectivity index (χ0n) is 18.4. The Hall–Kier alpha value is -2.95. The molecular formula is C25H32N2O3. The number of ether oxygens (including phenoxy) is 2. The Morgan fingerprint density at radius 1 is 1.13 bits per heavy atom. The van der Waals surface area contributed by atoms with Crippen molar-refractivity contribution in [2.75, 3.05) is 32.2 Å². The Morgan fingerprint density at radius 3 is 2.53 bits per heavy atom. The largest absolute Gasteiger partial charge is 0.493 e. The topological polar surface area (TPSA) is 50.8 Å². The fraction of sp³-hybridized carbons (Fsp3) is 0.400. The molecule has 1 saturated heterocycles. The van der Waals surface area contributed by atoms with Gasteiger partial charge in [0.2, 0.25) is 5.91 Å². The van der Waals surface area contributed by atoms with Crippen LogP contribution >= 0.6 is 0 Å². The first-order valence-corrected chi connectivity index (χ1v) is 10.6. The highest BCUT2D eigenvalue weighted by Crippen LogP contribution is 2.28. The fourth-order valence-electron chi connectivity index (χ4n) is 3.87. The quantitative estimate of drug-likeness (QED) is 0.667. The summed E-state index contributed by atoms with van der Waals surface area (Å²) in [5, 5.41) is 3.03. The molecule has 5 nitrogen and oxygen atoms in total. The number of anilines is 1. The summed E-state index contributed by atoms with van der Waals surface area (Å²) in [5.41, 5.74) is 3.23. The summed E-state index contributed by atoms with van der Waals surface area (Å²) in [7, 11) is 3.19. The third-order valence-corrected chi connectivity index (χ3v) is 5.61. The normalized spacial score (nSPS) is 17.6. The average molecular weight is 409 g/mol. The summed E-state index contributed by atoms with van der Waals surface area (Å²) in [6.45, 7) is 6.55. The molecule has 2 aromatic carbocycles. The van der Waals surface area contributed by atoms with Crippen molar-refractivity contribution in [3.8, 4) is 11.5 Å². The van der Waals surface area contributed by atoms with Gasteiger partial charge in [0.05, 0.1) is 20.3 Å². The maximum absolute atomic E-state index is 12.4. The van der Waals surface area contributed by atoms with E-state index in [1.54, 1.807) is 26.4 Å². The van der Waals surface area contributed by atoms with Gasteiger partial charge in [-0.2, -0.15) is 0 Å². The van der Waals surface area contributed by atoms with Crippen molar-refractivity contribution in [1.82, 2.24) is 5.32 Å². The second-order valence-electron chi connectivity index (χ2n) is 7.96. The lowest BCUT2D eigenvalue weighted by Gasteiger charge is -2.33. The minimum absolute atomic E-state index is 0.0677. The van der Waals surface area contributed by atoms with Gasteiger partial charge in [-0.1, -0.05) is 25.1 Å². The van der Waals surface area contributed by atoms with Gasteiger partial charge in [0, 0.05) is 24.9 Å². The molecule has 1 fully saturated rings. The molecule has 2 aromatic rings. The Kier molecular flexibility index (Phi) is 7.39. The molecule has 30 heavy (non-hydrogen) atoms. The van der Waals surface area contributed by atoms with Crippen molar-refractivity contribution in [2.45, 2.75) is 32.7 Å². The second kappa shape index (κ2) is 10.2. The van der Waals surface area contributed by atoms with E-state index in [2.05, 4.69) is 41.4 Å². The van der Waals surface area contributed by atoms with Crippen LogP contribution in [0.15, 0.2) is 48.5 Å². The number of nitrogens with zero attached hydrogens (tertiary/aromatic N) is 1. The molecule has 2 atom stereocenters. The summed E-state index contributed by atoms with van der Waals surface area (Å²) in [5.74, 6) is 1.91. The summed E-state index contributed by atoms with van der Waals surface area (Å²) in [6, 6.07) is 14.0. The molecule has 0 bridgehead atoms. The molecule has 0 unspecified atom stereocenters. The molecule has 0 saturated carbocycles. The van der Waals surface area contributed by atoms with Crippen LogP contribution < -0.4 is 19.7 Å². The van der Waals surface area contributed by atoms with E-state index >= 15 is 0 Å². The van der Waals surface area contributed by atoms with E-state index in [-0.39, 0.29) is 11.9 Å². The molecule has 1 aliphatic rings. The smallest absolute Gasteiger partial charge is 0.244 e. The number of hydrogen-bond acceptors (Lipinski definition) is 4. The minimum atomic E-state index is -0.133. The lowest BCUT2D eigenvalue weighted by Crippen LogP contribution is -2.34. The maximum Gasteiger partial charge on any atom is 0.244 e. The minimum Gasteiger partial charge on any atom is -0.493 e. The van der Waals surface area contributed by atoms with Crippen LogP contribution in [0.3, 0.4) is 0 Å². The highest BCUT2D eigenvalue weighted by molar-refractivity contribution is 5.92. The number of amides is 1. The van der Waals surface area contributed by atoms with Crippen LogP contribution in [0.4, 0.5) is 5.69 Å². The number of carbonyl (C=O) groups is 1. The Labute approximate surface area is 179 Å². The molecule has 5 heteroatoms. The van der Waals surface area contributed by atoms with Crippen molar-refractivity contribution in [3.05, 3.63) is 59.7 Å². The van der Waals surface area contributed by atoms with Gasteiger partial charge in [-0.15, -0.1) is 0 Å². The van der Waals surface area contributed by atoms with Crippen molar-refractivity contribution < 1.29 is 14.3 Å². The number of piperidine rings is 1. The van der Waals surface area contributed by atoms with Gasteiger partial charge in [-0.3, -0.25) is 4.79 Å². The van der Waals surface area contributed by atoms with E-state index in [1.165, 1.54) is 18.5 Å². The van der Waals surface area contributed by atoms with Crippen LogP contribution in [0, 0.1) is 5.92 Å². The molecule has 1 aliphatic heterocycles. The zero-order chi connectivity index (χ0) is 21.5. The second-order valence-corrected chi connectivity index (χ2v) is 7.96. The van der Waals surface area contributed by atoms with Crippen molar-refractivity contribution >= 4 is 17.7 Å². The number of nitrogens with one attached hydrogen (secondary N) is 1. The zero-order valence-corrected chi connectivity index (χ0v) is 18.4. The highest BCUT2D eigenvalue weighted by atomic mass is 16.5. The standard InChI is InChI=1S/C25H32N2O3/c1-18-6-5-15-27(17-18)22-11-9-21(10-12-22)19(2)26-25(28)14-8-20-7-13-23(29-3)24(16-20)30-4/h7-14,16,18-19H,5-6,15,17H2,1-4H3,(H,26,28)/b14-8+/t18-,19-/m0/s1. The summed E-state index contributed by atoms with van der Waals surface area (Å²) in [4.78, 5) is 14.8. The molecule has 0 aliphatic carbocycles. The summed E-state index contributed by atoms with van der Waals surface area (Å²) < 4.78 is 10.5. The third-order valence-electron chi connectivity index (χ3n) is 5.61. The van der Waals surface area contributed by atoms with E-state index in [0.29, 0.717) is 11.5 Å². The number of rotatable bonds is 7. The Morgan fingerprint density at radius 2 is 1.87 bits per heavy atom. The van der Waals surface area contributed by atoms with Crippen LogP contribution in [-0.4, -0.2) is 33.2 Å². The molecule has 3 rings (SSSR count). The van der Waals surface area contributed by atoms with Gasteiger partial charge in [-0.05, 0) is 67.2 Å². The molecular weight excluding hydrogens is 376 g/mol. The molecule has 1 N–H and O–H groups in total. The third kappa shape index (κ3) is 5.56. The van der Waals surface area contributed by atoms with Crippen molar-refractivity contribution in [1.29, 1.82) is 0 Å². The van der Waals surface area contributed by atoms with Crippen molar-refractivity contribution in [2.24, 2.45) is 5.92 Å². The first-order valence-electron chi connectivity index (χ1n) is 10.6. The lowest BCUT2D eigenvalue weighted by atomic mass is 9.99. The highest BCUT2D eigenvalue weighted by Gasteiger charge is 2.17. The van der Waals surface area contributed by atoms with Gasteiger partial charge < -0.3 is 19.7 Å². The summed E-state index contributed by atoms with van der Waals surface area (Å²) >= 11 is 0. The van der Waals surface area contributed by atoms with E-state index in [1.807, 2.05) is 25.1 Å². The van der Waals surface area contributed by atoms with Crippen LogP contribution in [0.5, 0.6) is 11.5 Å². The number of carbonyl (C=O) groups excluding carboxylic acids is 1. The SMILES string of the molecule is COc1ccc(/C=C/C(=O)N[C@@H](C)c2ccc(N3CCC[C@H](C)C3)cc2)cc1OC. The molecule has 0 radical (unpaired) electrons. The van der Waals surface area contributed by atoms with Gasteiger partial charge >= 0.3 is 0 Å². The monoisotopic (exact) mass is 408 g/mol. The summed E-state index contributed by atoms with van der Waals surface area (Å²) in [6.07, 6.45) is 5.88. The van der Waals surface area contributed by atoms with Gasteiger partial charge in [0.15, 0.2) is 11.5 Å². The Bertz CT molecular complexity index is 876. The average Bonchev–Trinajstić information content (AvgIpc) is 2.77. The van der Waals surface area contributed by atoms with Crippen LogP contribution in [0.1, 0.15) is 43.9 Å². The molecule has 0 spiro atoms. The van der Waals surface area contributed by atoms with Crippen LogP contribution in [-0.2, 0) is 4.79 Å². The van der Waals surface area contributed by atoms with Crippen LogP contribution in [0.25, 0.3) is 6.08 Å². The van der Waals surface area contributed by atoms with E-state index < -0.39 is 0 Å². The van der Waals surface area contributed by atoms with E-state index in [9.17, 15) is 4.79 Å². The maximum atomic E-state index is 12.4.